The fourth-order valence-corrected chi connectivity index (χ4v) is 2.87. The molecule has 0 radical (unpaired) electrons. The van der Waals surface area contributed by atoms with E-state index in [-0.39, 0.29) is 5.69 Å². The van der Waals surface area contributed by atoms with Crippen LogP contribution in [0.4, 0.5) is 0 Å². The summed E-state index contributed by atoms with van der Waals surface area (Å²) < 4.78 is 7.21. The van der Waals surface area contributed by atoms with Crippen LogP contribution in [0, 0.1) is 0 Å². The highest BCUT2D eigenvalue weighted by Gasteiger charge is 2.19. The molecule has 2 rings (SSSR count). The van der Waals surface area contributed by atoms with Crippen molar-refractivity contribution in [3.05, 3.63) is 22.2 Å². The minimum atomic E-state index is -0.153. The SMILES string of the molecule is CCCCCCC(CCC)n1cc2c(nc1=O)OCC2. The molecule has 0 bridgehead atoms. The number of rotatable bonds is 8. The Morgan fingerprint density at radius 3 is 2.85 bits per heavy atom. The van der Waals surface area contributed by atoms with Crippen LogP contribution in [0.2, 0.25) is 0 Å². The van der Waals surface area contributed by atoms with Crippen molar-refractivity contribution in [2.24, 2.45) is 0 Å². The Morgan fingerprint density at radius 2 is 2.10 bits per heavy atom. The minimum Gasteiger partial charge on any atom is -0.477 e. The number of hydrogen-bond acceptors (Lipinski definition) is 3. The first-order valence-electron chi connectivity index (χ1n) is 8.01. The van der Waals surface area contributed by atoms with Crippen molar-refractivity contribution in [2.45, 2.75) is 71.3 Å². The predicted molar refractivity (Wildman–Crippen MR) is 80.4 cm³/mol. The van der Waals surface area contributed by atoms with Crippen LogP contribution in [-0.4, -0.2) is 16.2 Å². The second-order valence-corrected chi connectivity index (χ2v) is 5.65. The van der Waals surface area contributed by atoms with Crippen LogP contribution in [0.3, 0.4) is 0 Å². The molecule has 4 nitrogen and oxygen atoms in total. The van der Waals surface area contributed by atoms with Gasteiger partial charge in [-0.2, -0.15) is 4.98 Å². The molecule has 20 heavy (non-hydrogen) atoms. The van der Waals surface area contributed by atoms with Gasteiger partial charge < -0.3 is 4.74 Å². The first kappa shape index (κ1) is 15.1. The van der Waals surface area contributed by atoms with Gasteiger partial charge >= 0.3 is 5.69 Å². The molecule has 0 aromatic carbocycles. The zero-order valence-electron chi connectivity index (χ0n) is 12.7. The van der Waals surface area contributed by atoms with Gasteiger partial charge in [-0.05, 0) is 12.8 Å². The van der Waals surface area contributed by atoms with Crippen molar-refractivity contribution < 1.29 is 4.74 Å². The fourth-order valence-electron chi connectivity index (χ4n) is 2.87. The summed E-state index contributed by atoms with van der Waals surface area (Å²) in [5.41, 5.74) is 0.929. The molecular weight excluding hydrogens is 252 g/mol. The van der Waals surface area contributed by atoms with Crippen molar-refractivity contribution in [1.82, 2.24) is 9.55 Å². The molecular formula is C16H26N2O2. The van der Waals surface area contributed by atoms with E-state index in [1.807, 2.05) is 10.8 Å². The number of nitrogens with zero attached hydrogens (tertiary/aromatic N) is 2. The van der Waals surface area contributed by atoms with E-state index in [1.165, 1.54) is 25.7 Å². The molecule has 0 fully saturated rings. The molecule has 0 saturated heterocycles. The molecule has 0 aliphatic carbocycles. The summed E-state index contributed by atoms with van der Waals surface area (Å²) in [4.78, 5) is 16.2. The summed E-state index contributed by atoms with van der Waals surface area (Å²) in [6, 6.07) is 0.294. The Labute approximate surface area is 121 Å². The lowest BCUT2D eigenvalue weighted by Crippen LogP contribution is -2.27. The molecule has 1 aromatic rings. The van der Waals surface area contributed by atoms with Crippen LogP contribution < -0.4 is 10.4 Å². The maximum Gasteiger partial charge on any atom is 0.351 e. The largest absolute Gasteiger partial charge is 0.477 e. The molecule has 2 heterocycles. The zero-order valence-corrected chi connectivity index (χ0v) is 12.7. The Morgan fingerprint density at radius 1 is 1.25 bits per heavy atom. The number of aromatic nitrogens is 2. The number of fused-ring (bicyclic) bond motifs is 1. The summed E-state index contributed by atoms with van der Waals surface area (Å²) in [5.74, 6) is 0.549. The van der Waals surface area contributed by atoms with Crippen LogP contribution in [-0.2, 0) is 6.42 Å². The molecule has 0 N–H and O–H groups in total. The smallest absolute Gasteiger partial charge is 0.351 e. The maximum absolute atomic E-state index is 12.2. The lowest BCUT2D eigenvalue weighted by atomic mass is 10.0. The predicted octanol–water partition coefficient (Wildman–Crippen LogP) is 3.49. The molecule has 0 saturated carbocycles. The van der Waals surface area contributed by atoms with E-state index < -0.39 is 0 Å². The van der Waals surface area contributed by atoms with Gasteiger partial charge in [0.1, 0.15) is 0 Å². The minimum absolute atomic E-state index is 0.153. The van der Waals surface area contributed by atoms with E-state index in [0.29, 0.717) is 18.5 Å². The third-order valence-electron chi connectivity index (χ3n) is 4.00. The van der Waals surface area contributed by atoms with Gasteiger partial charge in [-0.1, -0.05) is 46.0 Å². The highest BCUT2D eigenvalue weighted by molar-refractivity contribution is 5.26. The topological polar surface area (TPSA) is 44.1 Å². The van der Waals surface area contributed by atoms with Gasteiger partial charge in [-0.25, -0.2) is 4.79 Å². The molecule has 1 aliphatic heterocycles. The Bertz CT molecular complexity index is 482. The van der Waals surface area contributed by atoms with E-state index in [9.17, 15) is 4.79 Å². The van der Waals surface area contributed by atoms with Crippen LogP contribution in [0.25, 0.3) is 0 Å². The van der Waals surface area contributed by atoms with E-state index in [2.05, 4.69) is 18.8 Å². The van der Waals surface area contributed by atoms with Crippen LogP contribution in [0.1, 0.15) is 70.4 Å². The van der Waals surface area contributed by atoms with Gasteiger partial charge in [-0.3, -0.25) is 4.57 Å². The molecule has 0 spiro atoms. The number of hydrogen-bond donors (Lipinski definition) is 0. The van der Waals surface area contributed by atoms with Gasteiger partial charge in [-0.15, -0.1) is 0 Å². The molecule has 1 unspecified atom stereocenters. The Balaban J connectivity index is 2.10. The molecule has 0 amide bonds. The van der Waals surface area contributed by atoms with E-state index in [4.69, 9.17) is 4.74 Å². The maximum atomic E-state index is 12.2. The molecule has 1 atom stereocenters. The lowest BCUT2D eigenvalue weighted by molar-refractivity contribution is 0.339. The van der Waals surface area contributed by atoms with Crippen molar-refractivity contribution in [2.75, 3.05) is 6.61 Å². The third-order valence-corrected chi connectivity index (χ3v) is 4.00. The van der Waals surface area contributed by atoms with Gasteiger partial charge in [0.15, 0.2) is 0 Å². The van der Waals surface area contributed by atoms with E-state index in [0.717, 1.165) is 31.2 Å². The lowest BCUT2D eigenvalue weighted by Gasteiger charge is -2.19. The van der Waals surface area contributed by atoms with Crippen LogP contribution in [0.5, 0.6) is 5.88 Å². The van der Waals surface area contributed by atoms with Crippen molar-refractivity contribution >= 4 is 0 Å². The van der Waals surface area contributed by atoms with Crippen molar-refractivity contribution in [1.29, 1.82) is 0 Å². The summed E-state index contributed by atoms with van der Waals surface area (Å²) >= 11 is 0. The number of unbranched alkanes of at least 4 members (excludes halogenated alkanes) is 3. The first-order chi connectivity index (χ1) is 9.76. The highest BCUT2D eigenvalue weighted by Crippen LogP contribution is 2.24. The van der Waals surface area contributed by atoms with Gasteiger partial charge in [0.25, 0.3) is 0 Å². The Kier molecular flexibility index (Phi) is 5.62. The number of ether oxygens (including phenoxy) is 1. The normalized spacial score (nSPS) is 14.9. The monoisotopic (exact) mass is 278 g/mol. The zero-order chi connectivity index (χ0) is 14.4. The molecule has 112 valence electrons. The van der Waals surface area contributed by atoms with Gasteiger partial charge in [0, 0.05) is 24.2 Å². The molecule has 4 heteroatoms. The van der Waals surface area contributed by atoms with Crippen LogP contribution >= 0.6 is 0 Å². The van der Waals surface area contributed by atoms with Gasteiger partial charge in [0.2, 0.25) is 5.88 Å². The third kappa shape index (κ3) is 3.62. The molecule has 1 aromatic heterocycles. The molecule has 1 aliphatic rings. The summed E-state index contributed by atoms with van der Waals surface area (Å²) in [5, 5.41) is 0. The van der Waals surface area contributed by atoms with Crippen molar-refractivity contribution in [3.63, 3.8) is 0 Å². The van der Waals surface area contributed by atoms with Crippen molar-refractivity contribution in [3.8, 4) is 5.88 Å². The first-order valence-corrected chi connectivity index (χ1v) is 8.01. The van der Waals surface area contributed by atoms with E-state index in [1.54, 1.807) is 0 Å². The standard InChI is InChI=1S/C16H26N2O2/c1-3-5-6-7-9-14(8-4-2)18-12-13-10-11-20-15(13)17-16(18)19/h12,14H,3-11H2,1-2H3. The Hall–Kier alpha value is -1.32. The van der Waals surface area contributed by atoms with Gasteiger partial charge in [0.05, 0.1) is 6.61 Å². The van der Waals surface area contributed by atoms with Crippen LogP contribution in [0.15, 0.2) is 11.0 Å². The summed E-state index contributed by atoms with van der Waals surface area (Å²) in [7, 11) is 0. The summed E-state index contributed by atoms with van der Waals surface area (Å²) in [6.07, 6.45) is 11.1. The second kappa shape index (κ2) is 7.46. The average molecular weight is 278 g/mol. The highest BCUT2D eigenvalue weighted by atomic mass is 16.5. The van der Waals surface area contributed by atoms with E-state index >= 15 is 0 Å². The average Bonchev–Trinajstić information content (AvgIpc) is 2.88. The summed E-state index contributed by atoms with van der Waals surface area (Å²) in [6.45, 7) is 5.05. The fraction of sp³-hybridized carbons (Fsp3) is 0.750. The second-order valence-electron chi connectivity index (χ2n) is 5.65. The quantitative estimate of drug-likeness (QED) is 0.684.